The second-order valence-electron chi connectivity index (χ2n) is 6.67. The lowest BCUT2D eigenvalue weighted by atomic mass is 9.87. The third-order valence-corrected chi connectivity index (χ3v) is 4.69. The number of aldehydes is 1. The topological polar surface area (TPSA) is 38.8 Å². The fourth-order valence-corrected chi connectivity index (χ4v) is 3.39. The lowest BCUT2D eigenvalue weighted by Gasteiger charge is -2.35. The van der Waals surface area contributed by atoms with Crippen molar-refractivity contribution in [2.75, 3.05) is 32.8 Å². The highest BCUT2D eigenvalue weighted by Gasteiger charge is 2.58. The number of carbonyl (C=O) groups excluding carboxylic acids is 1. The first-order chi connectivity index (χ1) is 13.1. The maximum Gasteiger partial charge on any atom is 0.454 e. The quantitative estimate of drug-likeness (QED) is 0.462. The van der Waals surface area contributed by atoms with E-state index in [4.69, 9.17) is 9.47 Å². The number of carbonyl (C=O) groups is 1. The summed E-state index contributed by atoms with van der Waals surface area (Å²) in [6.45, 7) is 3.16. The fourth-order valence-electron chi connectivity index (χ4n) is 3.39. The molecule has 0 bridgehead atoms. The molecule has 1 heterocycles. The average Bonchev–Trinajstić information content (AvgIpc) is 2.62. The lowest BCUT2D eigenvalue weighted by Crippen LogP contribution is -2.48. The number of likely N-dealkylation sites (tertiary alicyclic amines) is 1. The molecule has 1 aromatic carbocycles. The van der Waals surface area contributed by atoms with Crippen molar-refractivity contribution in [2.45, 2.75) is 44.7 Å². The van der Waals surface area contributed by atoms with E-state index >= 15 is 0 Å². The smallest absolute Gasteiger partial charge is 0.454 e. The van der Waals surface area contributed by atoms with Crippen molar-refractivity contribution in [1.29, 1.82) is 0 Å². The summed E-state index contributed by atoms with van der Waals surface area (Å²) in [7, 11) is 0. The molecule has 1 aliphatic heterocycles. The molecule has 9 heteroatoms. The van der Waals surface area contributed by atoms with Crippen LogP contribution in [0.25, 0.3) is 0 Å². The third kappa shape index (κ3) is 5.12. The van der Waals surface area contributed by atoms with E-state index in [1.807, 2.05) is 0 Å². The molecule has 0 unspecified atom stereocenters. The van der Waals surface area contributed by atoms with E-state index < -0.39 is 18.6 Å². The van der Waals surface area contributed by atoms with Gasteiger partial charge in [0.25, 0.3) is 0 Å². The van der Waals surface area contributed by atoms with E-state index in [1.54, 1.807) is 26.0 Å². The van der Waals surface area contributed by atoms with Crippen molar-refractivity contribution in [2.24, 2.45) is 0 Å². The van der Waals surface area contributed by atoms with Crippen LogP contribution in [-0.4, -0.2) is 56.1 Å². The highest BCUT2D eigenvalue weighted by atomic mass is 19.4. The average molecular weight is 409 g/mol. The van der Waals surface area contributed by atoms with E-state index in [-0.39, 0.29) is 19.0 Å². The summed E-state index contributed by atoms with van der Waals surface area (Å²) in [4.78, 5) is 12.3. The first-order valence-electron chi connectivity index (χ1n) is 9.18. The number of alkyl halides is 5. The van der Waals surface area contributed by atoms with Gasteiger partial charge in [-0.1, -0.05) is 0 Å². The first kappa shape index (κ1) is 22.4. The summed E-state index contributed by atoms with van der Waals surface area (Å²) < 4.78 is 75.2. The molecule has 0 aliphatic carbocycles. The van der Waals surface area contributed by atoms with Crippen LogP contribution in [0.1, 0.15) is 48.5 Å². The van der Waals surface area contributed by atoms with Crippen molar-refractivity contribution in [1.82, 2.24) is 4.90 Å². The minimum atomic E-state index is -5.56. The van der Waals surface area contributed by atoms with Crippen molar-refractivity contribution in [3.05, 3.63) is 23.3 Å². The van der Waals surface area contributed by atoms with Gasteiger partial charge in [0.2, 0.25) is 0 Å². The number of piperidine rings is 1. The van der Waals surface area contributed by atoms with E-state index in [0.29, 0.717) is 49.4 Å². The lowest BCUT2D eigenvalue weighted by molar-refractivity contribution is -0.287. The van der Waals surface area contributed by atoms with E-state index in [9.17, 15) is 26.7 Å². The van der Waals surface area contributed by atoms with E-state index in [1.165, 1.54) is 0 Å². The molecular weight excluding hydrogens is 385 g/mol. The maximum atomic E-state index is 13.3. The van der Waals surface area contributed by atoms with Crippen LogP contribution in [0.15, 0.2) is 12.1 Å². The summed E-state index contributed by atoms with van der Waals surface area (Å²) in [5, 5.41) is 0. The summed E-state index contributed by atoms with van der Waals surface area (Å²) in [5.74, 6) is -3.90. The molecule has 0 N–H and O–H groups in total. The van der Waals surface area contributed by atoms with Crippen LogP contribution in [0.2, 0.25) is 0 Å². The van der Waals surface area contributed by atoms with Crippen molar-refractivity contribution < 1.29 is 36.2 Å². The van der Waals surface area contributed by atoms with Gasteiger partial charge in [-0.05, 0) is 57.8 Å². The maximum absolute atomic E-state index is 13.3. The predicted molar refractivity (Wildman–Crippen MR) is 93.6 cm³/mol. The Labute approximate surface area is 160 Å². The molecule has 28 heavy (non-hydrogen) atoms. The minimum absolute atomic E-state index is 0.100. The Kier molecular flexibility index (Phi) is 7.25. The van der Waals surface area contributed by atoms with Crippen LogP contribution in [0.5, 0.6) is 11.5 Å². The number of rotatable bonds is 8. The highest BCUT2D eigenvalue weighted by molar-refractivity contribution is 5.77. The zero-order valence-electron chi connectivity index (χ0n) is 15.8. The number of benzene rings is 1. The molecule has 2 rings (SSSR count). The number of ether oxygens (including phenoxy) is 2. The van der Waals surface area contributed by atoms with E-state index in [2.05, 4.69) is 0 Å². The van der Waals surface area contributed by atoms with Crippen LogP contribution in [-0.2, 0) is 0 Å². The minimum Gasteiger partial charge on any atom is -0.493 e. The van der Waals surface area contributed by atoms with Crippen LogP contribution in [0.4, 0.5) is 22.0 Å². The van der Waals surface area contributed by atoms with Gasteiger partial charge in [-0.15, -0.1) is 0 Å². The molecule has 0 amide bonds. The van der Waals surface area contributed by atoms with Crippen LogP contribution in [0, 0.1) is 0 Å². The zero-order valence-corrected chi connectivity index (χ0v) is 15.8. The van der Waals surface area contributed by atoms with Crippen LogP contribution < -0.4 is 9.47 Å². The fraction of sp³-hybridized carbons (Fsp3) is 0.632. The van der Waals surface area contributed by atoms with Crippen molar-refractivity contribution in [3.8, 4) is 11.5 Å². The van der Waals surface area contributed by atoms with Gasteiger partial charge in [-0.2, -0.15) is 22.0 Å². The van der Waals surface area contributed by atoms with Gasteiger partial charge in [-0.3, -0.25) is 9.69 Å². The predicted octanol–water partition coefficient (Wildman–Crippen LogP) is 4.67. The molecule has 0 spiro atoms. The van der Waals surface area contributed by atoms with Gasteiger partial charge in [0.05, 0.1) is 19.8 Å². The van der Waals surface area contributed by atoms with E-state index in [0.717, 1.165) is 10.5 Å². The summed E-state index contributed by atoms with van der Waals surface area (Å²) in [6, 6.07) is 3.19. The Morgan fingerprint density at radius 3 is 1.93 bits per heavy atom. The normalized spacial score (nSPS) is 16.8. The van der Waals surface area contributed by atoms with Gasteiger partial charge < -0.3 is 9.47 Å². The second kappa shape index (κ2) is 9.07. The van der Waals surface area contributed by atoms with Crippen molar-refractivity contribution >= 4 is 6.29 Å². The van der Waals surface area contributed by atoms with Crippen LogP contribution >= 0.6 is 0 Å². The molecule has 0 saturated carbocycles. The number of hydrogen-bond donors (Lipinski definition) is 0. The number of hydrogen-bond acceptors (Lipinski definition) is 4. The Morgan fingerprint density at radius 1 is 1.04 bits per heavy atom. The van der Waals surface area contributed by atoms with Crippen molar-refractivity contribution in [3.63, 3.8) is 0 Å². The monoisotopic (exact) mass is 409 g/mol. The third-order valence-electron chi connectivity index (χ3n) is 4.69. The molecule has 1 saturated heterocycles. The molecule has 1 aliphatic rings. The second-order valence-corrected chi connectivity index (χ2v) is 6.67. The number of halogens is 5. The van der Waals surface area contributed by atoms with Gasteiger partial charge in [0.15, 0.2) is 0 Å². The molecular formula is C19H24F5NO3. The number of nitrogens with zero attached hydrogens (tertiary/aromatic N) is 1. The largest absolute Gasteiger partial charge is 0.493 e. The molecule has 0 atom stereocenters. The van der Waals surface area contributed by atoms with Gasteiger partial charge >= 0.3 is 12.1 Å². The molecule has 4 nitrogen and oxygen atoms in total. The zero-order chi connectivity index (χ0) is 20.9. The SMILES string of the molecule is CCOc1cc(C=O)cc(OCC)c1C1CCN(CC(F)(F)C(F)(F)F)CC1. The standard InChI is InChI=1S/C19H24F5NO3/c1-3-27-15-9-13(11-26)10-16(28-4-2)17(15)14-5-7-25(8-6-14)12-18(20,21)19(22,23)24/h9-11,14H,3-8,12H2,1-2H3. The summed E-state index contributed by atoms with van der Waals surface area (Å²) in [6.07, 6.45) is -4.11. The van der Waals surface area contributed by atoms with Gasteiger partial charge in [0.1, 0.15) is 17.8 Å². The molecule has 1 aromatic rings. The highest BCUT2D eigenvalue weighted by Crippen LogP contribution is 2.42. The van der Waals surface area contributed by atoms with Crippen LogP contribution in [0.3, 0.4) is 0 Å². The Hall–Kier alpha value is -1.90. The Bertz CT molecular complexity index is 643. The first-order valence-corrected chi connectivity index (χ1v) is 9.18. The van der Waals surface area contributed by atoms with Gasteiger partial charge in [-0.25, -0.2) is 0 Å². The molecule has 0 aromatic heterocycles. The Morgan fingerprint density at radius 2 is 1.54 bits per heavy atom. The molecule has 0 radical (unpaired) electrons. The Balaban J connectivity index is 2.20. The molecule has 158 valence electrons. The van der Waals surface area contributed by atoms with Gasteiger partial charge in [0, 0.05) is 11.1 Å². The summed E-state index contributed by atoms with van der Waals surface area (Å²) >= 11 is 0. The molecule has 1 fully saturated rings. The summed E-state index contributed by atoms with van der Waals surface area (Å²) in [5.41, 5.74) is 1.12.